The van der Waals surface area contributed by atoms with Gasteiger partial charge in [0.1, 0.15) is 11.4 Å². The van der Waals surface area contributed by atoms with Gasteiger partial charge in [-0.05, 0) is 48.0 Å². The molecule has 2 aromatic heterocycles. The fourth-order valence-electron chi connectivity index (χ4n) is 4.57. The number of hydrogen-bond donors (Lipinski definition) is 2. The van der Waals surface area contributed by atoms with Crippen LogP contribution in [0.15, 0.2) is 41.2 Å². The second-order valence-corrected chi connectivity index (χ2v) is 9.35. The van der Waals surface area contributed by atoms with Crippen LogP contribution in [0.4, 0.5) is 0 Å². The minimum Gasteiger partial charge on any atom is -0.325 e. The van der Waals surface area contributed by atoms with Crippen LogP contribution in [0.5, 0.6) is 0 Å². The molecule has 2 aliphatic rings. The Morgan fingerprint density at radius 1 is 1.25 bits per heavy atom. The first-order valence-corrected chi connectivity index (χ1v) is 11.1. The SMILES string of the molecule is C[C@H]1CCc2c(sc3nc(C[NH+]4CC=C(c5ccccc5)CC4)[nH]c(=O)c23)C1. The first-order valence-electron chi connectivity index (χ1n) is 10.3. The Morgan fingerprint density at radius 2 is 2.11 bits per heavy atom. The number of thiophene rings is 1. The van der Waals surface area contributed by atoms with Crippen molar-refractivity contribution < 1.29 is 4.90 Å². The molecule has 0 saturated heterocycles. The molecule has 0 spiro atoms. The third kappa shape index (κ3) is 3.33. The van der Waals surface area contributed by atoms with Crippen LogP contribution >= 0.6 is 11.3 Å². The van der Waals surface area contributed by atoms with E-state index >= 15 is 0 Å². The Morgan fingerprint density at radius 3 is 2.89 bits per heavy atom. The summed E-state index contributed by atoms with van der Waals surface area (Å²) < 4.78 is 0. The van der Waals surface area contributed by atoms with Crippen LogP contribution in [-0.2, 0) is 19.4 Å². The van der Waals surface area contributed by atoms with Gasteiger partial charge in [-0.3, -0.25) is 4.79 Å². The number of nitrogens with zero attached hydrogens (tertiary/aromatic N) is 1. The van der Waals surface area contributed by atoms with Gasteiger partial charge < -0.3 is 9.88 Å². The molecule has 1 aromatic carbocycles. The van der Waals surface area contributed by atoms with Crippen LogP contribution < -0.4 is 10.5 Å². The molecule has 2 atom stereocenters. The lowest BCUT2D eigenvalue weighted by Crippen LogP contribution is -3.11. The van der Waals surface area contributed by atoms with E-state index in [1.54, 1.807) is 11.3 Å². The lowest BCUT2D eigenvalue weighted by atomic mass is 9.89. The van der Waals surface area contributed by atoms with E-state index in [4.69, 9.17) is 4.98 Å². The van der Waals surface area contributed by atoms with Crippen molar-refractivity contribution in [1.29, 1.82) is 0 Å². The van der Waals surface area contributed by atoms with Gasteiger partial charge in [0, 0.05) is 11.3 Å². The zero-order valence-electron chi connectivity index (χ0n) is 16.3. The molecule has 0 radical (unpaired) electrons. The molecule has 5 rings (SSSR count). The fraction of sp³-hybridized carbons (Fsp3) is 0.391. The van der Waals surface area contributed by atoms with Gasteiger partial charge in [-0.15, -0.1) is 11.3 Å². The second-order valence-electron chi connectivity index (χ2n) is 8.27. The van der Waals surface area contributed by atoms with Crippen LogP contribution in [0.25, 0.3) is 15.8 Å². The predicted octanol–water partition coefficient (Wildman–Crippen LogP) is 2.98. The number of hydrogen-bond acceptors (Lipinski definition) is 3. The molecule has 28 heavy (non-hydrogen) atoms. The van der Waals surface area contributed by atoms with E-state index in [-0.39, 0.29) is 5.56 Å². The summed E-state index contributed by atoms with van der Waals surface area (Å²) in [6, 6.07) is 10.6. The Kier molecular flexibility index (Phi) is 4.65. The van der Waals surface area contributed by atoms with Crippen molar-refractivity contribution >= 4 is 27.1 Å². The zero-order chi connectivity index (χ0) is 19.1. The standard InChI is InChI=1S/C23H25N3OS/c1-15-7-8-18-19(13-15)28-23-21(18)22(27)24-20(25-23)14-26-11-9-17(10-12-26)16-5-3-2-4-6-16/h2-6,9,15H,7-8,10-14H2,1H3,(H,24,25,27)/p+1/t15-/m0/s1. The normalized spacial score (nSPS) is 22.1. The number of quaternary nitrogens is 1. The molecular formula is C23H26N3OS+. The van der Waals surface area contributed by atoms with E-state index in [0.29, 0.717) is 5.92 Å². The lowest BCUT2D eigenvalue weighted by Gasteiger charge is -2.23. The summed E-state index contributed by atoms with van der Waals surface area (Å²) in [5.41, 5.74) is 4.08. The number of aromatic amines is 1. The number of nitrogens with one attached hydrogen (secondary N) is 2. The van der Waals surface area contributed by atoms with E-state index in [0.717, 1.165) is 54.9 Å². The number of aryl methyl sites for hydroxylation is 1. The minimum absolute atomic E-state index is 0.0592. The van der Waals surface area contributed by atoms with Gasteiger partial charge in [0.2, 0.25) is 0 Å². The van der Waals surface area contributed by atoms with Crippen LogP contribution in [0.3, 0.4) is 0 Å². The van der Waals surface area contributed by atoms with Crippen molar-refractivity contribution in [2.75, 3.05) is 13.1 Å². The number of rotatable bonds is 3. The first-order chi connectivity index (χ1) is 13.7. The maximum Gasteiger partial charge on any atom is 0.260 e. The monoisotopic (exact) mass is 392 g/mol. The molecule has 3 heterocycles. The summed E-state index contributed by atoms with van der Waals surface area (Å²) in [4.78, 5) is 24.5. The molecule has 144 valence electrons. The maximum absolute atomic E-state index is 12.8. The predicted molar refractivity (Wildman–Crippen MR) is 115 cm³/mol. The van der Waals surface area contributed by atoms with E-state index < -0.39 is 0 Å². The van der Waals surface area contributed by atoms with Crippen molar-refractivity contribution in [3.63, 3.8) is 0 Å². The Hall–Kier alpha value is -2.24. The van der Waals surface area contributed by atoms with Crippen molar-refractivity contribution in [2.45, 2.75) is 39.2 Å². The maximum atomic E-state index is 12.8. The van der Waals surface area contributed by atoms with E-state index in [1.807, 2.05) is 0 Å². The third-order valence-corrected chi connectivity index (χ3v) is 7.31. The van der Waals surface area contributed by atoms with Crippen molar-refractivity contribution in [2.24, 2.45) is 5.92 Å². The van der Waals surface area contributed by atoms with E-state index in [2.05, 4.69) is 48.3 Å². The lowest BCUT2D eigenvalue weighted by molar-refractivity contribution is -0.909. The highest BCUT2D eigenvalue weighted by molar-refractivity contribution is 7.18. The topological polar surface area (TPSA) is 50.2 Å². The number of H-pyrrole nitrogens is 1. The van der Waals surface area contributed by atoms with Gasteiger partial charge in [0.25, 0.3) is 5.56 Å². The molecular weight excluding hydrogens is 366 g/mol. The van der Waals surface area contributed by atoms with Gasteiger partial charge >= 0.3 is 0 Å². The third-order valence-electron chi connectivity index (χ3n) is 6.16. The van der Waals surface area contributed by atoms with E-state index in [9.17, 15) is 4.79 Å². The van der Waals surface area contributed by atoms with Crippen LogP contribution in [0.2, 0.25) is 0 Å². The van der Waals surface area contributed by atoms with Crippen molar-refractivity contribution in [1.82, 2.24) is 9.97 Å². The summed E-state index contributed by atoms with van der Waals surface area (Å²) in [7, 11) is 0. The highest BCUT2D eigenvalue weighted by Gasteiger charge is 2.24. The molecule has 1 aliphatic heterocycles. The van der Waals surface area contributed by atoms with Gasteiger partial charge in [-0.25, -0.2) is 4.98 Å². The van der Waals surface area contributed by atoms with Gasteiger partial charge in [-0.2, -0.15) is 0 Å². The second kappa shape index (κ2) is 7.30. The molecule has 0 amide bonds. The largest absolute Gasteiger partial charge is 0.325 e. The molecule has 4 nitrogen and oxygen atoms in total. The van der Waals surface area contributed by atoms with Crippen LogP contribution in [-0.4, -0.2) is 23.1 Å². The number of benzene rings is 1. The summed E-state index contributed by atoms with van der Waals surface area (Å²) in [6.45, 7) is 5.13. The highest BCUT2D eigenvalue weighted by atomic mass is 32.1. The summed E-state index contributed by atoms with van der Waals surface area (Å²) >= 11 is 1.74. The zero-order valence-corrected chi connectivity index (χ0v) is 17.1. The smallest absolute Gasteiger partial charge is 0.260 e. The Balaban J connectivity index is 1.36. The van der Waals surface area contributed by atoms with E-state index in [1.165, 1.54) is 32.9 Å². The van der Waals surface area contributed by atoms with Crippen LogP contribution in [0, 0.1) is 5.92 Å². The molecule has 5 heteroatoms. The number of fused-ring (bicyclic) bond motifs is 3. The van der Waals surface area contributed by atoms with Gasteiger partial charge in [-0.1, -0.05) is 37.3 Å². The average molecular weight is 393 g/mol. The highest BCUT2D eigenvalue weighted by Crippen LogP contribution is 2.35. The van der Waals surface area contributed by atoms with Gasteiger partial charge in [0.05, 0.1) is 18.5 Å². The molecule has 0 fully saturated rings. The molecule has 1 unspecified atom stereocenters. The molecule has 1 aliphatic carbocycles. The number of aromatic nitrogens is 2. The molecule has 0 saturated carbocycles. The summed E-state index contributed by atoms with van der Waals surface area (Å²) in [5.74, 6) is 1.54. The Bertz CT molecular complexity index is 1100. The first kappa shape index (κ1) is 17.8. The fourth-order valence-corrected chi connectivity index (χ4v) is 5.97. The molecule has 0 bridgehead atoms. The Labute approximate surface area is 168 Å². The van der Waals surface area contributed by atoms with Gasteiger partial charge in [0.15, 0.2) is 5.82 Å². The summed E-state index contributed by atoms with van der Waals surface area (Å²) in [6.07, 6.45) is 6.70. The average Bonchev–Trinajstić information content (AvgIpc) is 3.07. The quantitative estimate of drug-likeness (QED) is 0.720. The van der Waals surface area contributed by atoms with Crippen molar-refractivity contribution in [3.05, 3.63) is 68.6 Å². The van der Waals surface area contributed by atoms with Crippen LogP contribution in [0.1, 0.15) is 41.6 Å². The minimum atomic E-state index is 0.0592. The molecule has 2 N–H and O–H groups in total. The van der Waals surface area contributed by atoms with Crippen molar-refractivity contribution in [3.8, 4) is 0 Å². The molecule has 3 aromatic rings. The summed E-state index contributed by atoms with van der Waals surface area (Å²) in [5, 5.41) is 0.857.